The van der Waals surface area contributed by atoms with E-state index in [9.17, 15) is 4.79 Å². The van der Waals surface area contributed by atoms with Crippen LogP contribution in [0.1, 0.15) is 36.3 Å². The van der Waals surface area contributed by atoms with Crippen molar-refractivity contribution in [3.63, 3.8) is 0 Å². The third-order valence-electron chi connectivity index (χ3n) is 5.92. The highest BCUT2D eigenvalue weighted by atomic mass is 16.5. The number of Topliss-reactive ketones (excluding diaryl/α,β-unsaturated/α-hetero) is 1. The summed E-state index contributed by atoms with van der Waals surface area (Å²) < 4.78 is 27.7. The fourth-order valence-corrected chi connectivity index (χ4v) is 4.50. The monoisotopic (exact) mass is 425 g/mol. The summed E-state index contributed by atoms with van der Waals surface area (Å²) in [6, 6.07) is 7.66. The molecule has 7 heteroatoms. The molecule has 1 atom stereocenters. The average Bonchev–Trinajstić information content (AvgIpc) is 2.80. The van der Waals surface area contributed by atoms with Crippen molar-refractivity contribution in [2.45, 2.75) is 25.2 Å². The summed E-state index contributed by atoms with van der Waals surface area (Å²) in [4.78, 5) is 13.1. The molecule has 0 aromatic heterocycles. The van der Waals surface area contributed by atoms with Crippen LogP contribution in [-0.4, -0.2) is 41.3 Å². The lowest BCUT2D eigenvalue weighted by Gasteiger charge is -2.35. The van der Waals surface area contributed by atoms with Gasteiger partial charge in [-0.2, -0.15) is 0 Å². The standard InChI is InChI=1S/C24H27NO6/c1-27-18-11-14-16(12-19(18)28-2)25-15-7-6-8-17(26)23(15)22(14)13-9-20(29-3)24(31-5)21(10-13)30-4/h9-12,22,25H,6-8H2,1-5H3/t22-/m0/s1. The number of ketones is 1. The number of nitrogens with one attached hydrogen (secondary N) is 1. The molecule has 0 spiro atoms. The summed E-state index contributed by atoms with van der Waals surface area (Å²) in [5.74, 6) is 2.68. The van der Waals surface area contributed by atoms with E-state index >= 15 is 0 Å². The molecule has 1 aliphatic heterocycles. The van der Waals surface area contributed by atoms with Gasteiger partial charge in [-0.05, 0) is 42.2 Å². The predicted octanol–water partition coefficient (Wildman–Crippen LogP) is 4.29. The largest absolute Gasteiger partial charge is 0.493 e. The summed E-state index contributed by atoms with van der Waals surface area (Å²) in [6.45, 7) is 0. The molecule has 0 saturated carbocycles. The van der Waals surface area contributed by atoms with Crippen molar-refractivity contribution in [2.24, 2.45) is 0 Å². The molecule has 31 heavy (non-hydrogen) atoms. The van der Waals surface area contributed by atoms with Crippen LogP contribution in [0.5, 0.6) is 28.7 Å². The maximum Gasteiger partial charge on any atom is 0.203 e. The number of carbonyl (C=O) groups excluding carboxylic acids is 1. The molecule has 2 aromatic carbocycles. The van der Waals surface area contributed by atoms with Crippen molar-refractivity contribution in [3.05, 3.63) is 46.7 Å². The minimum atomic E-state index is -0.299. The number of fused-ring (bicyclic) bond motifs is 1. The average molecular weight is 425 g/mol. The van der Waals surface area contributed by atoms with Crippen LogP contribution in [0.15, 0.2) is 35.5 Å². The van der Waals surface area contributed by atoms with E-state index in [-0.39, 0.29) is 11.7 Å². The Kier molecular flexibility index (Phi) is 5.67. The second-order valence-electron chi connectivity index (χ2n) is 7.48. The maximum atomic E-state index is 13.1. The third-order valence-corrected chi connectivity index (χ3v) is 5.92. The van der Waals surface area contributed by atoms with Gasteiger partial charge in [-0.1, -0.05) is 0 Å². The van der Waals surface area contributed by atoms with Crippen molar-refractivity contribution in [1.29, 1.82) is 0 Å². The first-order valence-corrected chi connectivity index (χ1v) is 10.1. The lowest BCUT2D eigenvalue weighted by molar-refractivity contribution is -0.116. The van der Waals surface area contributed by atoms with Crippen molar-refractivity contribution in [2.75, 3.05) is 40.9 Å². The Hall–Kier alpha value is -3.35. The molecule has 164 valence electrons. The zero-order valence-corrected chi connectivity index (χ0v) is 18.5. The highest BCUT2D eigenvalue weighted by molar-refractivity contribution is 6.01. The number of methoxy groups -OCH3 is 5. The van der Waals surface area contributed by atoms with Crippen LogP contribution < -0.4 is 29.0 Å². The Morgan fingerprint density at radius 1 is 0.774 bits per heavy atom. The Morgan fingerprint density at radius 2 is 1.39 bits per heavy atom. The van der Waals surface area contributed by atoms with Gasteiger partial charge < -0.3 is 29.0 Å². The number of rotatable bonds is 6. The van der Waals surface area contributed by atoms with Gasteiger partial charge in [0.15, 0.2) is 28.8 Å². The molecule has 2 aliphatic rings. The Bertz CT molecular complexity index is 1030. The minimum absolute atomic E-state index is 0.146. The van der Waals surface area contributed by atoms with E-state index in [0.29, 0.717) is 35.2 Å². The molecule has 0 unspecified atom stereocenters. The van der Waals surface area contributed by atoms with Gasteiger partial charge in [0.05, 0.1) is 35.5 Å². The molecule has 2 aromatic rings. The first-order valence-electron chi connectivity index (χ1n) is 10.1. The number of anilines is 1. The fraction of sp³-hybridized carbons (Fsp3) is 0.375. The van der Waals surface area contributed by atoms with Gasteiger partial charge >= 0.3 is 0 Å². The topological polar surface area (TPSA) is 75.2 Å². The summed E-state index contributed by atoms with van der Waals surface area (Å²) in [7, 11) is 7.95. The second-order valence-corrected chi connectivity index (χ2v) is 7.48. The molecular formula is C24H27NO6. The van der Waals surface area contributed by atoms with Gasteiger partial charge in [-0.25, -0.2) is 0 Å². The Balaban J connectivity index is 1.99. The quantitative estimate of drug-likeness (QED) is 0.740. The minimum Gasteiger partial charge on any atom is -0.493 e. The van der Waals surface area contributed by atoms with E-state index < -0.39 is 0 Å². The van der Waals surface area contributed by atoms with E-state index in [1.54, 1.807) is 35.5 Å². The van der Waals surface area contributed by atoms with Gasteiger partial charge in [0.2, 0.25) is 5.75 Å². The molecule has 4 rings (SSSR count). The molecule has 0 saturated heterocycles. The van der Waals surface area contributed by atoms with Crippen LogP contribution >= 0.6 is 0 Å². The van der Waals surface area contributed by atoms with Crippen molar-refractivity contribution < 1.29 is 28.5 Å². The van der Waals surface area contributed by atoms with Crippen LogP contribution in [0.25, 0.3) is 0 Å². The Labute approximate surface area is 181 Å². The number of benzene rings is 2. The van der Waals surface area contributed by atoms with E-state index in [1.165, 1.54) is 0 Å². The highest BCUT2D eigenvalue weighted by Gasteiger charge is 2.37. The summed E-state index contributed by atoms with van der Waals surface area (Å²) >= 11 is 0. The maximum absolute atomic E-state index is 13.1. The molecule has 1 heterocycles. The molecular weight excluding hydrogens is 398 g/mol. The van der Waals surface area contributed by atoms with Crippen LogP contribution in [0.4, 0.5) is 5.69 Å². The number of ether oxygens (including phenoxy) is 5. The third kappa shape index (κ3) is 3.44. The van der Waals surface area contributed by atoms with E-state index in [0.717, 1.165) is 40.9 Å². The lowest BCUT2D eigenvalue weighted by atomic mass is 9.75. The molecule has 0 radical (unpaired) electrons. The number of carbonyl (C=O) groups is 1. The van der Waals surface area contributed by atoms with Crippen LogP contribution in [0.3, 0.4) is 0 Å². The molecule has 0 amide bonds. The van der Waals surface area contributed by atoms with Crippen molar-refractivity contribution >= 4 is 11.5 Å². The summed E-state index contributed by atoms with van der Waals surface area (Å²) in [5.41, 5.74) is 4.44. The van der Waals surface area contributed by atoms with Crippen LogP contribution in [0, 0.1) is 0 Å². The van der Waals surface area contributed by atoms with E-state index in [4.69, 9.17) is 23.7 Å². The molecule has 1 N–H and O–H groups in total. The number of allylic oxidation sites excluding steroid dienone is 2. The molecule has 7 nitrogen and oxygen atoms in total. The molecule has 0 fully saturated rings. The van der Waals surface area contributed by atoms with Gasteiger partial charge in [-0.3, -0.25) is 4.79 Å². The number of hydrogen-bond acceptors (Lipinski definition) is 7. The first-order chi connectivity index (χ1) is 15.1. The Morgan fingerprint density at radius 3 is 1.97 bits per heavy atom. The van der Waals surface area contributed by atoms with Gasteiger partial charge in [0.1, 0.15) is 0 Å². The summed E-state index contributed by atoms with van der Waals surface area (Å²) in [5, 5.41) is 3.47. The van der Waals surface area contributed by atoms with Gasteiger partial charge in [-0.15, -0.1) is 0 Å². The fourth-order valence-electron chi connectivity index (χ4n) is 4.50. The van der Waals surface area contributed by atoms with Crippen LogP contribution in [0.2, 0.25) is 0 Å². The van der Waals surface area contributed by atoms with Gasteiger partial charge in [0.25, 0.3) is 0 Å². The molecule has 0 bridgehead atoms. The number of hydrogen-bond donors (Lipinski definition) is 1. The normalized spacial score (nSPS) is 17.3. The predicted molar refractivity (Wildman–Crippen MR) is 117 cm³/mol. The smallest absolute Gasteiger partial charge is 0.203 e. The zero-order chi connectivity index (χ0) is 22.1. The summed E-state index contributed by atoms with van der Waals surface area (Å²) in [6.07, 6.45) is 2.18. The zero-order valence-electron chi connectivity index (χ0n) is 18.5. The molecule has 1 aliphatic carbocycles. The van der Waals surface area contributed by atoms with Crippen LogP contribution in [-0.2, 0) is 4.79 Å². The van der Waals surface area contributed by atoms with Crippen molar-refractivity contribution in [1.82, 2.24) is 0 Å². The van der Waals surface area contributed by atoms with E-state index in [1.807, 2.05) is 24.3 Å². The van der Waals surface area contributed by atoms with Gasteiger partial charge in [0, 0.05) is 35.4 Å². The second kappa shape index (κ2) is 8.41. The SMILES string of the molecule is COc1cc2c(cc1OC)[C@H](c1cc(OC)c(OC)c(OC)c1)C1=C(CCCC1=O)N2. The van der Waals surface area contributed by atoms with Crippen molar-refractivity contribution in [3.8, 4) is 28.7 Å². The first kappa shape index (κ1) is 20.9. The lowest BCUT2D eigenvalue weighted by Crippen LogP contribution is -2.27. The highest BCUT2D eigenvalue weighted by Crippen LogP contribution is 2.51. The van der Waals surface area contributed by atoms with E-state index in [2.05, 4.69) is 5.32 Å².